The van der Waals surface area contributed by atoms with Gasteiger partial charge in [-0.3, -0.25) is 9.89 Å². The van der Waals surface area contributed by atoms with Gasteiger partial charge in [0.05, 0.1) is 6.04 Å². The average Bonchev–Trinajstić information content (AvgIpc) is 3.50. The van der Waals surface area contributed by atoms with Gasteiger partial charge in [-0.05, 0) is 31.5 Å². The quantitative estimate of drug-likeness (QED) is 0.336. The molecule has 1 aromatic carbocycles. The molecule has 2 aliphatic rings. The van der Waals surface area contributed by atoms with Crippen molar-refractivity contribution in [1.82, 2.24) is 24.5 Å². The van der Waals surface area contributed by atoms with Gasteiger partial charge in [-0.1, -0.05) is 37.3 Å². The second-order valence-electron chi connectivity index (χ2n) is 7.92. The molecule has 0 aliphatic carbocycles. The molecule has 7 nitrogen and oxygen atoms in total. The van der Waals surface area contributed by atoms with Crippen LogP contribution in [0.15, 0.2) is 35.3 Å². The van der Waals surface area contributed by atoms with Crippen LogP contribution in [-0.2, 0) is 6.42 Å². The molecule has 2 fully saturated rings. The van der Waals surface area contributed by atoms with Crippen LogP contribution in [-0.4, -0.2) is 78.0 Å². The Kier molecular flexibility index (Phi) is 9.33. The number of nitrogens with zero attached hydrogens (tertiary/aromatic N) is 6. The van der Waals surface area contributed by atoms with Crippen LogP contribution in [0.1, 0.15) is 37.2 Å². The lowest BCUT2D eigenvalue weighted by Crippen LogP contribution is -2.53. The van der Waals surface area contributed by atoms with Gasteiger partial charge >= 0.3 is 0 Å². The van der Waals surface area contributed by atoms with Crippen LogP contribution in [0.3, 0.4) is 0 Å². The van der Waals surface area contributed by atoms with Gasteiger partial charge in [-0.25, -0.2) is 4.98 Å². The fraction of sp³-hybridized carbons (Fsp3) is 0.591. The van der Waals surface area contributed by atoms with Gasteiger partial charge in [0.25, 0.3) is 0 Å². The number of halogens is 1. The number of anilines is 1. The number of hydrogen-bond acceptors (Lipinski definition) is 6. The normalized spacial score (nSPS) is 18.7. The number of likely N-dealkylation sites (tertiary alicyclic amines) is 1. The van der Waals surface area contributed by atoms with Gasteiger partial charge < -0.3 is 15.1 Å². The van der Waals surface area contributed by atoms with E-state index in [0.717, 1.165) is 56.1 Å². The number of aromatic nitrogens is 2. The molecule has 2 saturated heterocycles. The van der Waals surface area contributed by atoms with Gasteiger partial charge in [0.1, 0.15) is 5.82 Å². The first-order chi connectivity index (χ1) is 14.8. The largest absolute Gasteiger partial charge is 0.354 e. The molecule has 3 heterocycles. The van der Waals surface area contributed by atoms with Crippen molar-refractivity contribution in [3.8, 4) is 0 Å². The predicted octanol–water partition coefficient (Wildman–Crippen LogP) is 3.25. The highest BCUT2D eigenvalue weighted by atomic mass is 127. The fourth-order valence-electron chi connectivity index (χ4n) is 4.33. The Bertz CT molecular complexity index is 814. The van der Waals surface area contributed by atoms with Crippen molar-refractivity contribution in [2.45, 2.75) is 32.2 Å². The zero-order chi connectivity index (χ0) is 20.8. The highest BCUT2D eigenvalue weighted by molar-refractivity contribution is 14.0. The molecule has 1 atom stereocenters. The minimum atomic E-state index is 0. The van der Waals surface area contributed by atoms with Crippen molar-refractivity contribution in [3.63, 3.8) is 0 Å². The Hall–Kier alpha value is -1.46. The molecule has 0 amide bonds. The fourth-order valence-corrected chi connectivity index (χ4v) is 5.13. The average molecular weight is 556 g/mol. The van der Waals surface area contributed by atoms with Crippen molar-refractivity contribution in [2.75, 3.05) is 57.8 Å². The summed E-state index contributed by atoms with van der Waals surface area (Å²) in [6, 6.07) is 11.3. The third kappa shape index (κ3) is 6.07. The summed E-state index contributed by atoms with van der Waals surface area (Å²) in [6.07, 6.45) is 3.49. The Balaban J connectivity index is 0.00000272. The first-order valence-electron chi connectivity index (χ1n) is 11.1. The highest BCUT2D eigenvalue weighted by Gasteiger charge is 2.26. The lowest BCUT2D eigenvalue weighted by Gasteiger charge is -2.37. The van der Waals surface area contributed by atoms with E-state index < -0.39 is 0 Å². The summed E-state index contributed by atoms with van der Waals surface area (Å²) in [5.74, 6) is 1.95. The standard InChI is InChI=1S/C22H33N7S.HI/c1-3-20-25-22(30-26-20)29-15-13-28(14-16-29)21(23-2)24-17-19(27-11-7-8-12-27)18-9-5-4-6-10-18;/h4-6,9-10,19H,3,7-8,11-17H2,1-2H3,(H,23,24);1H. The predicted molar refractivity (Wildman–Crippen MR) is 140 cm³/mol. The minimum absolute atomic E-state index is 0. The Labute approximate surface area is 207 Å². The summed E-state index contributed by atoms with van der Waals surface area (Å²) >= 11 is 1.52. The summed E-state index contributed by atoms with van der Waals surface area (Å²) in [5.41, 5.74) is 1.38. The SMILES string of the molecule is CCc1nsc(N2CCN(C(=NC)NCC(c3ccccc3)N3CCCC3)CC2)n1.I. The van der Waals surface area contributed by atoms with Crippen LogP contribution >= 0.6 is 35.5 Å². The summed E-state index contributed by atoms with van der Waals surface area (Å²) in [4.78, 5) is 16.5. The van der Waals surface area contributed by atoms with Crippen LogP contribution in [0, 0.1) is 0 Å². The lowest BCUT2D eigenvalue weighted by molar-refractivity contribution is 0.243. The monoisotopic (exact) mass is 555 g/mol. The van der Waals surface area contributed by atoms with E-state index in [-0.39, 0.29) is 24.0 Å². The first kappa shape index (κ1) is 24.2. The molecule has 0 bridgehead atoms. The molecule has 0 saturated carbocycles. The van der Waals surface area contributed by atoms with E-state index in [4.69, 9.17) is 0 Å². The van der Waals surface area contributed by atoms with Gasteiger partial charge in [-0.15, -0.1) is 24.0 Å². The highest BCUT2D eigenvalue weighted by Crippen LogP contribution is 2.24. The van der Waals surface area contributed by atoms with Crippen LogP contribution in [0.25, 0.3) is 0 Å². The van der Waals surface area contributed by atoms with Crippen molar-refractivity contribution in [2.24, 2.45) is 4.99 Å². The van der Waals surface area contributed by atoms with Crippen molar-refractivity contribution >= 4 is 46.6 Å². The molecule has 1 aromatic heterocycles. The topological polar surface area (TPSA) is 59.9 Å². The van der Waals surface area contributed by atoms with Crippen LogP contribution in [0.2, 0.25) is 0 Å². The Morgan fingerprint density at radius 3 is 2.42 bits per heavy atom. The van der Waals surface area contributed by atoms with E-state index in [1.807, 2.05) is 7.05 Å². The van der Waals surface area contributed by atoms with Gasteiger partial charge in [0.15, 0.2) is 5.96 Å². The molecule has 9 heteroatoms. The second kappa shape index (κ2) is 12.0. The molecule has 4 rings (SSSR count). The van der Waals surface area contributed by atoms with E-state index in [9.17, 15) is 0 Å². The molecule has 2 aromatic rings. The number of nitrogens with one attached hydrogen (secondary N) is 1. The van der Waals surface area contributed by atoms with Gasteiger partial charge in [-0.2, -0.15) is 4.37 Å². The van der Waals surface area contributed by atoms with Gasteiger partial charge in [0.2, 0.25) is 5.13 Å². The molecule has 31 heavy (non-hydrogen) atoms. The number of piperazine rings is 1. The van der Waals surface area contributed by atoms with E-state index in [0.29, 0.717) is 6.04 Å². The van der Waals surface area contributed by atoms with Crippen LogP contribution in [0.4, 0.5) is 5.13 Å². The first-order valence-corrected chi connectivity index (χ1v) is 11.9. The van der Waals surface area contributed by atoms with Crippen LogP contribution < -0.4 is 10.2 Å². The molecular weight excluding hydrogens is 521 g/mol. The lowest BCUT2D eigenvalue weighted by atomic mass is 10.1. The molecule has 1 unspecified atom stereocenters. The van der Waals surface area contributed by atoms with Crippen molar-refractivity contribution in [3.05, 3.63) is 41.7 Å². The number of aryl methyl sites for hydroxylation is 1. The smallest absolute Gasteiger partial charge is 0.205 e. The van der Waals surface area contributed by atoms with E-state index in [2.05, 4.69) is 71.6 Å². The van der Waals surface area contributed by atoms with E-state index in [1.165, 1.54) is 43.0 Å². The van der Waals surface area contributed by atoms with E-state index >= 15 is 0 Å². The Morgan fingerprint density at radius 2 is 1.81 bits per heavy atom. The van der Waals surface area contributed by atoms with Crippen LogP contribution in [0.5, 0.6) is 0 Å². The molecule has 1 N–H and O–H groups in total. The van der Waals surface area contributed by atoms with Crippen molar-refractivity contribution < 1.29 is 0 Å². The zero-order valence-electron chi connectivity index (χ0n) is 18.5. The molecule has 0 radical (unpaired) electrons. The molecular formula is C22H34IN7S. The maximum atomic E-state index is 4.64. The molecule has 2 aliphatic heterocycles. The van der Waals surface area contributed by atoms with E-state index in [1.54, 1.807) is 0 Å². The second-order valence-corrected chi connectivity index (χ2v) is 8.65. The third-order valence-electron chi connectivity index (χ3n) is 6.05. The molecule has 170 valence electrons. The van der Waals surface area contributed by atoms with Crippen molar-refractivity contribution in [1.29, 1.82) is 0 Å². The minimum Gasteiger partial charge on any atom is -0.354 e. The summed E-state index contributed by atoms with van der Waals surface area (Å²) in [6.45, 7) is 9.14. The maximum Gasteiger partial charge on any atom is 0.205 e. The number of hydrogen-bond donors (Lipinski definition) is 1. The summed E-state index contributed by atoms with van der Waals surface area (Å²) < 4.78 is 4.43. The summed E-state index contributed by atoms with van der Waals surface area (Å²) in [7, 11) is 1.89. The number of benzene rings is 1. The third-order valence-corrected chi connectivity index (χ3v) is 6.87. The summed E-state index contributed by atoms with van der Waals surface area (Å²) in [5, 5.41) is 4.72. The number of aliphatic imine (C=N–C) groups is 1. The number of guanidine groups is 1. The Morgan fingerprint density at radius 1 is 1.10 bits per heavy atom. The maximum absolute atomic E-state index is 4.64. The molecule has 0 spiro atoms. The zero-order valence-corrected chi connectivity index (χ0v) is 21.7. The van der Waals surface area contributed by atoms with Gasteiger partial charge in [0, 0.05) is 57.7 Å². The number of rotatable bonds is 6.